The highest BCUT2D eigenvalue weighted by atomic mass is 16.5. The van der Waals surface area contributed by atoms with Crippen LogP contribution in [0.5, 0.6) is 0 Å². The first-order chi connectivity index (χ1) is 8.04. The van der Waals surface area contributed by atoms with E-state index in [1.54, 1.807) is 0 Å². The Balaban J connectivity index is 2.54. The Morgan fingerprint density at radius 1 is 1.35 bits per heavy atom. The Hall–Kier alpha value is -1.31. The van der Waals surface area contributed by atoms with Crippen LogP contribution < -0.4 is 0 Å². The van der Waals surface area contributed by atoms with E-state index in [1.807, 2.05) is 19.1 Å². The van der Waals surface area contributed by atoms with E-state index in [0.29, 0.717) is 18.9 Å². The molecule has 0 aliphatic carbocycles. The van der Waals surface area contributed by atoms with Gasteiger partial charge in [0.1, 0.15) is 0 Å². The maximum absolute atomic E-state index is 11.7. The summed E-state index contributed by atoms with van der Waals surface area (Å²) in [7, 11) is 0. The van der Waals surface area contributed by atoms with Crippen LogP contribution in [0.25, 0.3) is 0 Å². The number of hydrogen-bond donors (Lipinski definition) is 0. The number of carbonyl (C=O) groups is 1. The fraction of sp³-hybridized carbons (Fsp3) is 0.533. The van der Waals surface area contributed by atoms with E-state index in [2.05, 4.69) is 26.8 Å². The summed E-state index contributed by atoms with van der Waals surface area (Å²) in [6.07, 6.45) is 1.42. The van der Waals surface area contributed by atoms with E-state index >= 15 is 0 Å². The normalized spacial score (nSPS) is 12.2. The average Bonchev–Trinajstić information content (AvgIpc) is 2.32. The first kappa shape index (κ1) is 13.8. The van der Waals surface area contributed by atoms with Gasteiger partial charge in [0.05, 0.1) is 13.0 Å². The molecule has 0 fully saturated rings. The summed E-state index contributed by atoms with van der Waals surface area (Å²) in [6.45, 7) is 8.82. The van der Waals surface area contributed by atoms with Crippen molar-refractivity contribution in [3.05, 3.63) is 34.9 Å². The summed E-state index contributed by atoms with van der Waals surface area (Å²) in [5.41, 5.74) is 3.48. The van der Waals surface area contributed by atoms with Crippen molar-refractivity contribution in [2.45, 2.75) is 40.5 Å². The lowest BCUT2D eigenvalue weighted by molar-refractivity contribution is -0.144. The summed E-state index contributed by atoms with van der Waals surface area (Å²) < 4.78 is 5.25. The Morgan fingerprint density at radius 2 is 2.06 bits per heavy atom. The molecule has 0 aliphatic heterocycles. The van der Waals surface area contributed by atoms with Crippen molar-refractivity contribution in [3.63, 3.8) is 0 Å². The second-order valence-electron chi connectivity index (χ2n) is 4.73. The molecular formula is C15H22O2. The number of aryl methyl sites for hydroxylation is 1. The van der Waals surface area contributed by atoms with Gasteiger partial charge in [0.15, 0.2) is 0 Å². The van der Waals surface area contributed by atoms with Crippen LogP contribution in [0, 0.1) is 19.8 Å². The Bertz CT molecular complexity index is 383. The molecule has 0 aromatic heterocycles. The molecule has 0 bridgehead atoms. The molecule has 1 unspecified atom stereocenters. The highest BCUT2D eigenvalue weighted by Crippen LogP contribution is 2.14. The van der Waals surface area contributed by atoms with Crippen molar-refractivity contribution >= 4 is 5.97 Å². The van der Waals surface area contributed by atoms with Crippen LogP contribution in [-0.2, 0) is 16.0 Å². The number of esters is 1. The predicted molar refractivity (Wildman–Crippen MR) is 70.0 cm³/mol. The third-order valence-corrected chi connectivity index (χ3v) is 3.28. The van der Waals surface area contributed by atoms with E-state index in [-0.39, 0.29) is 5.97 Å². The lowest BCUT2D eigenvalue weighted by Gasteiger charge is -2.11. The number of benzene rings is 1. The highest BCUT2D eigenvalue weighted by Gasteiger charge is 2.09. The van der Waals surface area contributed by atoms with Gasteiger partial charge in [0, 0.05) is 0 Å². The van der Waals surface area contributed by atoms with Gasteiger partial charge in [-0.3, -0.25) is 4.79 Å². The predicted octanol–water partition coefficient (Wildman–Crippen LogP) is 3.44. The summed E-state index contributed by atoms with van der Waals surface area (Å²) in [4.78, 5) is 11.7. The Labute approximate surface area is 104 Å². The smallest absolute Gasteiger partial charge is 0.310 e. The van der Waals surface area contributed by atoms with Crippen LogP contribution in [0.1, 0.15) is 37.0 Å². The molecular weight excluding hydrogens is 212 g/mol. The van der Waals surface area contributed by atoms with Crippen molar-refractivity contribution in [2.24, 2.45) is 5.92 Å². The largest absolute Gasteiger partial charge is 0.465 e. The molecule has 2 heteroatoms. The van der Waals surface area contributed by atoms with E-state index in [0.717, 1.165) is 12.0 Å². The second kappa shape index (κ2) is 6.43. The minimum atomic E-state index is -0.126. The number of carbonyl (C=O) groups excluding carboxylic acids is 1. The van der Waals surface area contributed by atoms with Gasteiger partial charge in [0.25, 0.3) is 0 Å². The van der Waals surface area contributed by atoms with Crippen molar-refractivity contribution in [1.82, 2.24) is 0 Å². The molecule has 0 N–H and O–H groups in total. The maximum Gasteiger partial charge on any atom is 0.310 e. The zero-order valence-corrected chi connectivity index (χ0v) is 11.2. The van der Waals surface area contributed by atoms with Crippen LogP contribution in [-0.4, -0.2) is 12.6 Å². The monoisotopic (exact) mass is 234 g/mol. The molecule has 0 amide bonds. The standard InChI is InChI=1S/C15H22O2/c1-5-11(2)10-17-15(16)9-14-8-6-7-12(3)13(14)4/h6-8,11H,5,9-10H2,1-4H3. The maximum atomic E-state index is 11.7. The highest BCUT2D eigenvalue weighted by molar-refractivity contribution is 5.73. The van der Waals surface area contributed by atoms with Crippen LogP contribution in [0.4, 0.5) is 0 Å². The zero-order valence-electron chi connectivity index (χ0n) is 11.2. The molecule has 0 saturated heterocycles. The van der Waals surface area contributed by atoms with Crippen LogP contribution in [0.2, 0.25) is 0 Å². The van der Waals surface area contributed by atoms with Gasteiger partial charge in [-0.2, -0.15) is 0 Å². The van der Waals surface area contributed by atoms with E-state index in [4.69, 9.17) is 4.74 Å². The second-order valence-corrected chi connectivity index (χ2v) is 4.73. The molecule has 2 nitrogen and oxygen atoms in total. The minimum Gasteiger partial charge on any atom is -0.465 e. The third kappa shape index (κ3) is 4.22. The fourth-order valence-electron chi connectivity index (χ4n) is 1.56. The lowest BCUT2D eigenvalue weighted by Crippen LogP contribution is -2.14. The molecule has 0 spiro atoms. The number of hydrogen-bond acceptors (Lipinski definition) is 2. The molecule has 1 atom stereocenters. The van der Waals surface area contributed by atoms with Crippen LogP contribution in [0.3, 0.4) is 0 Å². The van der Waals surface area contributed by atoms with Crippen LogP contribution in [0.15, 0.2) is 18.2 Å². The van der Waals surface area contributed by atoms with Gasteiger partial charge in [-0.05, 0) is 36.5 Å². The van der Waals surface area contributed by atoms with Crippen molar-refractivity contribution in [1.29, 1.82) is 0 Å². The topological polar surface area (TPSA) is 26.3 Å². The minimum absolute atomic E-state index is 0.126. The molecule has 94 valence electrons. The first-order valence-electron chi connectivity index (χ1n) is 6.25. The average molecular weight is 234 g/mol. The quantitative estimate of drug-likeness (QED) is 0.729. The molecule has 1 aromatic rings. The first-order valence-corrected chi connectivity index (χ1v) is 6.25. The van der Waals surface area contributed by atoms with Crippen molar-refractivity contribution in [3.8, 4) is 0 Å². The van der Waals surface area contributed by atoms with E-state index in [9.17, 15) is 4.79 Å². The summed E-state index contributed by atoms with van der Waals surface area (Å²) in [5.74, 6) is 0.316. The van der Waals surface area contributed by atoms with Gasteiger partial charge >= 0.3 is 5.97 Å². The Morgan fingerprint density at radius 3 is 2.71 bits per heavy atom. The molecule has 0 aliphatic rings. The molecule has 17 heavy (non-hydrogen) atoms. The SMILES string of the molecule is CCC(C)COC(=O)Cc1cccc(C)c1C. The summed E-state index contributed by atoms with van der Waals surface area (Å²) >= 11 is 0. The molecule has 0 radical (unpaired) electrons. The summed E-state index contributed by atoms with van der Waals surface area (Å²) in [5, 5.41) is 0. The van der Waals surface area contributed by atoms with Crippen LogP contribution >= 0.6 is 0 Å². The molecule has 1 rings (SSSR count). The van der Waals surface area contributed by atoms with Gasteiger partial charge in [-0.15, -0.1) is 0 Å². The molecule has 1 aromatic carbocycles. The lowest BCUT2D eigenvalue weighted by atomic mass is 10.0. The van der Waals surface area contributed by atoms with E-state index in [1.165, 1.54) is 11.1 Å². The molecule has 0 saturated carbocycles. The Kier molecular flexibility index (Phi) is 5.20. The fourth-order valence-corrected chi connectivity index (χ4v) is 1.56. The van der Waals surface area contributed by atoms with Gasteiger partial charge < -0.3 is 4.74 Å². The number of ether oxygens (including phenoxy) is 1. The third-order valence-electron chi connectivity index (χ3n) is 3.28. The van der Waals surface area contributed by atoms with Crippen molar-refractivity contribution < 1.29 is 9.53 Å². The van der Waals surface area contributed by atoms with Gasteiger partial charge in [-0.25, -0.2) is 0 Å². The van der Waals surface area contributed by atoms with Gasteiger partial charge in [-0.1, -0.05) is 38.5 Å². The zero-order chi connectivity index (χ0) is 12.8. The van der Waals surface area contributed by atoms with E-state index < -0.39 is 0 Å². The number of rotatable bonds is 5. The molecule has 0 heterocycles. The van der Waals surface area contributed by atoms with Gasteiger partial charge in [0.2, 0.25) is 0 Å². The van der Waals surface area contributed by atoms with Crippen molar-refractivity contribution in [2.75, 3.05) is 6.61 Å². The summed E-state index contributed by atoms with van der Waals surface area (Å²) in [6, 6.07) is 6.04.